The van der Waals surface area contributed by atoms with Crippen molar-refractivity contribution in [2.75, 3.05) is 17.7 Å². The average molecular weight is 246 g/mol. The average Bonchev–Trinajstić information content (AvgIpc) is 2.81. The number of nitrogens with zero attached hydrogens (tertiary/aromatic N) is 2. The van der Waals surface area contributed by atoms with Gasteiger partial charge in [0.2, 0.25) is 0 Å². The highest BCUT2D eigenvalue weighted by atomic mass is 16.3. The van der Waals surface area contributed by atoms with Gasteiger partial charge < -0.3 is 20.8 Å². The number of aromatic nitrogens is 1. The molecule has 2 rings (SSSR count). The molecule has 0 aliphatic carbocycles. The zero-order valence-corrected chi connectivity index (χ0v) is 9.96. The van der Waals surface area contributed by atoms with Crippen molar-refractivity contribution < 1.29 is 9.21 Å². The third-order valence-electron chi connectivity index (χ3n) is 2.51. The Hall–Kier alpha value is -2.50. The fourth-order valence-corrected chi connectivity index (χ4v) is 1.69. The first kappa shape index (κ1) is 12.0. The predicted molar refractivity (Wildman–Crippen MR) is 68.0 cm³/mol. The van der Waals surface area contributed by atoms with Crippen molar-refractivity contribution in [3.63, 3.8) is 0 Å². The van der Waals surface area contributed by atoms with Gasteiger partial charge in [-0.15, -0.1) is 0 Å². The summed E-state index contributed by atoms with van der Waals surface area (Å²) in [6, 6.07) is 3.37. The minimum Gasteiger partial charge on any atom is -0.472 e. The topological polar surface area (TPSA) is 98.4 Å². The Morgan fingerprint density at radius 3 is 2.94 bits per heavy atom. The number of furan rings is 1. The lowest BCUT2D eigenvalue weighted by Gasteiger charge is -2.19. The Bertz CT molecular complexity index is 551. The van der Waals surface area contributed by atoms with Gasteiger partial charge in [0.1, 0.15) is 5.82 Å². The highest BCUT2D eigenvalue weighted by Crippen LogP contribution is 2.20. The van der Waals surface area contributed by atoms with E-state index in [2.05, 4.69) is 4.98 Å². The normalized spacial score (nSPS) is 10.3. The zero-order chi connectivity index (χ0) is 13.1. The molecule has 0 radical (unpaired) electrons. The van der Waals surface area contributed by atoms with Crippen LogP contribution in [0.1, 0.15) is 15.9 Å². The number of amides is 1. The molecule has 0 saturated carbocycles. The van der Waals surface area contributed by atoms with Gasteiger partial charge in [-0.3, -0.25) is 4.79 Å². The molecule has 0 unspecified atom stereocenters. The molecule has 6 heteroatoms. The van der Waals surface area contributed by atoms with Crippen LogP contribution in [0.25, 0.3) is 0 Å². The summed E-state index contributed by atoms with van der Waals surface area (Å²) in [6.45, 7) is 0.563. The first-order chi connectivity index (χ1) is 8.58. The number of carbonyl (C=O) groups is 1. The Labute approximate surface area is 104 Å². The first-order valence-corrected chi connectivity index (χ1v) is 5.35. The minimum atomic E-state index is -0.552. The molecular weight excluding hydrogens is 232 g/mol. The van der Waals surface area contributed by atoms with Crippen LogP contribution in [0.3, 0.4) is 0 Å². The fraction of sp³-hybridized carbons (Fsp3) is 0.167. The van der Waals surface area contributed by atoms with Crippen LogP contribution >= 0.6 is 0 Å². The van der Waals surface area contributed by atoms with Crippen molar-refractivity contribution in [1.29, 1.82) is 0 Å². The van der Waals surface area contributed by atoms with Gasteiger partial charge in [0.05, 0.1) is 30.0 Å². The first-order valence-electron chi connectivity index (χ1n) is 5.35. The minimum absolute atomic E-state index is 0.306. The molecule has 2 heterocycles. The van der Waals surface area contributed by atoms with Crippen LogP contribution in [0.15, 0.2) is 35.3 Å². The standard InChI is InChI=1S/C12H14N4O2/c1-16(6-8-2-3-18-7-8)12-10(11(14)17)4-9(13)5-15-12/h2-5,7H,6,13H2,1H3,(H2,14,17). The summed E-state index contributed by atoms with van der Waals surface area (Å²) in [5, 5.41) is 0. The molecule has 0 aliphatic heterocycles. The summed E-state index contributed by atoms with van der Waals surface area (Å²) in [5.41, 5.74) is 12.6. The van der Waals surface area contributed by atoms with Gasteiger partial charge >= 0.3 is 0 Å². The molecule has 18 heavy (non-hydrogen) atoms. The molecule has 2 aromatic heterocycles. The van der Waals surface area contributed by atoms with E-state index in [0.717, 1.165) is 5.56 Å². The molecule has 94 valence electrons. The monoisotopic (exact) mass is 246 g/mol. The smallest absolute Gasteiger partial charge is 0.252 e. The highest BCUT2D eigenvalue weighted by Gasteiger charge is 2.14. The van der Waals surface area contributed by atoms with Crippen molar-refractivity contribution >= 4 is 17.4 Å². The Balaban J connectivity index is 2.29. The number of pyridine rings is 1. The number of hydrogen-bond donors (Lipinski definition) is 2. The van der Waals surface area contributed by atoms with Crippen molar-refractivity contribution in [3.05, 3.63) is 42.0 Å². The van der Waals surface area contributed by atoms with E-state index in [-0.39, 0.29) is 0 Å². The van der Waals surface area contributed by atoms with Crippen molar-refractivity contribution in [1.82, 2.24) is 4.98 Å². The molecule has 0 fully saturated rings. The number of rotatable bonds is 4. The summed E-state index contributed by atoms with van der Waals surface area (Å²) in [5.74, 6) is -0.0539. The van der Waals surface area contributed by atoms with Gasteiger partial charge in [0.15, 0.2) is 0 Å². The molecule has 6 nitrogen and oxygen atoms in total. The molecule has 0 atom stereocenters. The van der Waals surface area contributed by atoms with E-state index in [0.29, 0.717) is 23.6 Å². The van der Waals surface area contributed by atoms with Crippen molar-refractivity contribution in [3.8, 4) is 0 Å². The Morgan fingerprint density at radius 1 is 1.56 bits per heavy atom. The van der Waals surface area contributed by atoms with Crippen LogP contribution in [0.5, 0.6) is 0 Å². The van der Waals surface area contributed by atoms with Crippen LogP contribution in [0.4, 0.5) is 11.5 Å². The van der Waals surface area contributed by atoms with Gasteiger partial charge in [-0.25, -0.2) is 4.98 Å². The maximum atomic E-state index is 11.4. The van der Waals surface area contributed by atoms with Crippen molar-refractivity contribution in [2.45, 2.75) is 6.54 Å². The zero-order valence-electron chi connectivity index (χ0n) is 9.96. The molecule has 0 bridgehead atoms. The number of nitrogen functional groups attached to an aromatic ring is 1. The summed E-state index contributed by atoms with van der Waals surface area (Å²) < 4.78 is 4.99. The molecule has 2 aromatic rings. The molecule has 0 aromatic carbocycles. The van der Waals surface area contributed by atoms with E-state index in [1.165, 1.54) is 12.3 Å². The van der Waals surface area contributed by atoms with E-state index < -0.39 is 5.91 Å². The van der Waals surface area contributed by atoms with Gasteiger partial charge in [-0.05, 0) is 12.1 Å². The van der Waals surface area contributed by atoms with Gasteiger partial charge in [-0.1, -0.05) is 0 Å². The lowest BCUT2D eigenvalue weighted by atomic mass is 10.2. The summed E-state index contributed by atoms with van der Waals surface area (Å²) >= 11 is 0. The summed E-state index contributed by atoms with van der Waals surface area (Å²) in [6.07, 6.45) is 4.72. The van der Waals surface area contributed by atoms with Crippen LogP contribution in [0.2, 0.25) is 0 Å². The van der Waals surface area contributed by atoms with E-state index in [4.69, 9.17) is 15.9 Å². The third kappa shape index (κ3) is 2.42. The van der Waals surface area contributed by atoms with Crippen LogP contribution in [-0.4, -0.2) is 17.9 Å². The second-order valence-electron chi connectivity index (χ2n) is 3.99. The second-order valence-corrected chi connectivity index (χ2v) is 3.99. The number of primary amides is 1. The van der Waals surface area contributed by atoms with E-state index in [1.54, 1.807) is 12.5 Å². The highest BCUT2D eigenvalue weighted by molar-refractivity contribution is 5.98. The summed E-state index contributed by atoms with van der Waals surface area (Å²) in [7, 11) is 1.82. The number of hydrogen-bond acceptors (Lipinski definition) is 5. The Morgan fingerprint density at radius 2 is 2.33 bits per heavy atom. The van der Waals surface area contributed by atoms with Crippen LogP contribution < -0.4 is 16.4 Å². The molecular formula is C12H14N4O2. The molecule has 0 aliphatic rings. The number of nitrogens with two attached hydrogens (primary N) is 2. The van der Waals surface area contributed by atoms with Crippen molar-refractivity contribution in [2.24, 2.45) is 5.73 Å². The SMILES string of the molecule is CN(Cc1ccoc1)c1ncc(N)cc1C(N)=O. The van der Waals surface area contributed by atoms with Gasteiger partial charge in [0.25, 0.3) is 5.91 Å². The predicted octanol–water partition coefficient (Wildman–Crippen LogP) is 0.992. The molecule has 4 N–H and O–H groups in total. The van der Waals surface area contributed by atoms with Gasteiger partial charge in [-0.2, -0.15) is 0 Å². The summed E-state index contributed by atoms with van der Waals surface area (Å²) in [4.78, 5) is 17.3. The van der Waals surface area contributed by atoms with E-state index in [1.807, 2.05) is 18.0 Å². The van der Waals surface area contributed by atoms with Crippen LogP contribution in [0, 0.1) is 0 Å². The fourth-order valence-electron chi connectivity index (χ4n) is 1.69. The van der Waals surface area contributed by atoms with E-state index >= 15 is 0 Å². The largest absolute Gasteiger partial charge is 0.472 e. The maximum Gasteiger partial charge on any atom is 0.252 e. The second kappa shape index (κ2) is 4.79. The molecule has 1 amide bonds. The lowest BCUT2D eigenvalue weighted by molar-refractivity contribution is 0.100. The lowest BCUT2D eigenvalue weighted by Crippen LogP contribution is -2.23. The maximum absolute atomic E-state index is 11.4. The third-order valence-corrected chi connectivity index (χ3v) is 2.51. The molecule has 0 spiro atoms. The van der Waals surface area contributed by atoms with Gasteiger partial charge in [0, 0.05) is 19.2 Å². The van der Waals surface area contributed by atoms with E-state index in [9.17, 15) is 4.79 Å². The molecule has 0 saturated heterocycles. The number of anilines is 2. The van der Waals surface area contributed by atoms with Crippen LogP contribution in [-0.2, 0) is 6.54 Å². The Kier molecular flexibility index (Phi) is 3.18. The number of carbonyl (C=O) groups excluding carboxylic acids is 1. The quantitative estimate of drug-likeness (QED) is 0.838.